The summed E-state index contributed by atoms with van der Waals surface area (Å²) in [5, 5.41) is 110. The van der Waals surface area contributed by atoms with Crippen molar-refractivity contribution in [1.82, 2.24) is 0 Å². The van der Waals surface area contributed by atoms with Gasteiger partial charge in [0.2, 0.25) is 5.75 Å². The molecule has 0 saturated carbocycles. The number of aliphatic hydroxyl groups excluding tert-OH is 8. The lowest BCUT2D eigenvalue weighted by Crippen LogP contribution is -2.58. The summed E-state index contributed by atoms with van der Waals surface area (Å²) in [7, 11) is 0. The highest BCUT2D eigenvalue weighted by Gasteiger charge is 2.44. The van der Waals surface area contributed by atoms with Crippen LogP contribution in [0, 0.1) is 0 Å². The molecule has 2 aromatic carbocycles. The van der Waals surface area contributed by atoms with Gasteiger partial charge in [-0.15, -0.1) is 0 Å². The molecule has 2 unspecified atom stereocenters. The lowest BCUT2D eigenvalue weighted by molar-refractivity contribution is -0.285. The fourth-order valence-corrected chi connectivity index (χ4v) is 4.74. The largest absolute Gasteiger partial charge is 0.507 e. The van der Waals surface area contributed by atoms with Gasteiger partial charge in [-0.2, -0.15) is 0 Å². The van der Waals surface area contributed by atoms with Crippen molar-refractivity contribution in [2.45, 2.75) is 61.4 Å². The average molecular weight is 612 g/mol. The number of phenols is 3. The summed E-state index contributed by atoms with van der Waals surface area (Å²) in [5.74, 6) is -1.39. The van der Waals surface area contributed by atoms with Crippen molar-refractivity contribution in [2.24, 2.45) is 0 Å². The summed E-state index contributed by atoms with van der Waals surface area (Å²) in [6.07, 6.45) is -16.5. The predicted molar refractivity (Wildman–Crippen MR) is 140 cm³/mol. The molecule has 2 fully saturated rings. The average Bonchev–Trinajstić information content (AvgIpc) is 2.98. The zero-order valence-corrected chi connectivity index (χ0v) is 22.1. The van der Waals surface area contributed by atoms with Crippen LogP contribution in [0.15, 0.2) is 40.8 Å². The summed E-state index contributed by atoms with van der Waals surface area (Å²) < 4.78 is 27.9. The Labute approximate surface area is 242 Å². The first-order chi connectivity index (χ1) is 20.3. The molecule has 234 valence electrons. The minimum absolute atomic E-state index is 0.0217. The summed E-state index contributed by atoms with van der Waals surface area (Å²) in [5.41, 5.74) is 0.215. The van der Waals surface area contributed by atoms with Crippen LogP contribution in [0.1, 0.15) is 0 Å². The number of rotatable bonds is 7. The quantitative estimate of drug-likeness (QED) is 0.100. The number of ether oxygens (including phenoxy) is 4. The summed E-state index contributed by atoms with van der Waals surface area (Å²) in [6.45, 7) is -0.959. The van der Waals surface area contributed by atoms with E-state index in [2.05, 4.69) is 0 Å². The van der Waals surface area contributed by atoms with Crippen molar-refractivity contribution >= 4 is 11.0 Å². The Morgan fingerprint density at radius 1 is 0.605 bits per heavy atom. The van der Waals surface area contributed by atoms with Crippen LogP contribution in [0.25, 0.3) is 22.3 Å². The maximum absolute atomic E-state index is 10.4. The van der Waals surface area contributed by atoms with E-state index >= 15 is 0 Å². The summed E-state index contributed by atoms with van der Waals surface area (Å²) >= 11 is 0. The third-order valence-corrected chi connectivity index (χ3v) is 7.22. The molecule has 0 amide bonds. The first-order valence-corrected chi connectivity index (χ1v) is 13.0. The van der Waals surface area contributed by atoms with E-state index in [0.29, 0.717) is 0 Å². The SMILES string of the molecule is Oc1cc(OCC2O[C@@H](O)[C@@H](O)[C@H](O)[C@H]2O)c2cc(OCC3O[C@@H](O)[C@@H](O)[C@H](O)[C@H]3O)c(-c3ccc(O)c(O)c3)[o+]c2c1. The Morgan fingerprint density at radius 3 is 1.72 bits per heavy atom. The zero-order valence-electron chi connectivity index (χ0n) is 22.1. The normalized spacial score (nSPS) is 32.9. The van der Waals surface area contributed by atoms with Crippen LogP contribution in [0.3, 0.4) is 0 Å². The molecule has 3 heterocycles. The highest BCUT2D eigenvalue weighted by Crippen LogP contribution is 2.42. The smallest absolute Gasteiger partial charge is 0.402 e. The molecule has 2 aliphatic heterocycles. The van der Waals surface area contributed by atoms with E-state index in [-0.39, 0.29) is 39.5 Å². The summed E-state index contributed by atoms with van der Waals surface area (Å²) in [6, 6.07) is 7.53. The number of phenolic OH excluding ortho intramolecular Hbond substituents is 3. The van der Waals surface area contributed by atoms with Crippen LogP contribution in [0.4, 0.5) is 0 Å². The minimum atomic E-state index is -1.82. The third kappa shape index (κ3) is 6.11. The first-order valence-electron chi connectivity index (χ1n) is 13.0. The van der Waals surface area contributed by atoms with Gasteiger partial charge in [-0.05, 0) is 12.1 Å². The molecule has 10 atom stereocenters. The number of benzene rings is 2. The van der Waals surface area contributed by atoms with Crippen molar-refractivity contribution in [3.8, 4) is 40.1 Å². The molecule has 11 N–H and O–H groups in total. The van der Waals surface area contributed by atoms with E-state index in [1.54, 1.807) is 0 Å². The van der Waals surface area contributed by atoms with E-state index < -0.39 is 86.1 Å². The number of aromatic hydroxyl groups is 3. The molecule has 43 heavy (non-hydrogen) atoms. The van der Waals surface area contributed by atoms with Gasteiger partial charge < -0.3 is 75.1 Å². The van der Waals surface area contributed by atoms with E-state index in [1.807, 2.05) is 0 Å². The first kappa shape index (κ1) is 30.9. The van der Waals surface area contributed by atoms with Crippen LogP contribution in [-0.4, -0.2) is 131 Å². The van der Waals surface area contributed by atoms with Gasteiger partial charge in [0.15, 0.2) is 24.1 Å². The van der Waals surface area contributed by atoms with Gasteiger partial charge in [-0.1, -0.05) is 0 Å². The predicted octanol–water partition coefficient (Wildman–Crippen LogP) is -2.14. The van der Waals surface area contributed by atoms with E-state index in [1.165, 1.54) is 30.3 Å². The molecule has 16 heteroatoms. The Morgan fingerprint density at radius 2 is 1.16 bits per heavy atom. The van der Waals surface area contributed by atoms with Gasteiger partial charge in [0.1, 0.15) is 78.9 Å². The van der Waals surface area contributed by atoms with Crippen LogP contribution >= 0.6 is 0 Å². The van der Waals surface area contributed by atoms with Crippen LogP contribution < -0.4 is 9.47 Å². The van der Waals surface area contributed by atoms with Gasteiger partial charge >= 0.3 is 11.3 Å². The van der Waals surface area contributed by atoms with Gasteiger partial charge in [0, 0.05) is 18.2 Å². The Balaban J connectivity index is 1.50. The fourth-order valence-electron chi connectivity index (χ4n) is 4.74. The molecule has 5 rings (SSSR count). The fraction of sp³-hybridized carbons (Fsp3) is 0.444. The Kier molecular flexibility index (Phi) is 8.77. The van der Waals surface area contributed by atoms with E-state index in [9.17, 15) is 56.2 Å². The molecule has 0 spiro atoms. The monoisotopic (exact) mass is 611 g/mol. The molecular formula is C27H31O16+. The highest BCUT2D eigenvalue weighted by molar-refractivity contribution is 5.89. The highest BCUT2D eigenvalue weighted by atomic mass is 16.7. The molecule has 0 radical (unpaired) electrons. The maximum Gasteiger partial charge on any atom is 0.402 e. The van der Waals surface area contributed by atoms with Crippen molar-refractivity contribution in [2.75, 3.05) is 13.2 Å². The molecule has 3 aromatic rings. The molecule has 1 aromatic heterocycles. The van der Waals surface area contributed by atoms with Gasteiger partial charge in [-0.25, -0.2) is 4.42 Å². The maximum atomic E-state index is 10.4. The second-order valence-electron chi connectivity index (χ2n) is 10.2. The van der Waals surface area contributed by atoms with Crippen molar-refractivity contribution in [1.29, 1.82) is 0 Å². The Bertz CT molecular complexity index is 1450. The van der Waals surface area contributed by atoms with Gasteiger partial charge in [-0.3, -0.25) is 0 Å². The van der Waals surface area contributed by atoms with Crippen LogP contribution in [0.2, 0.25) is 0 Å². The second kappa shape index (κ2) is 12.2. The van der Waals surface area contributed by atoms with Crippen LogP contribution in [0.5, 0.6) is 28.7 Å². The Hall–Kier alpha value is -3.55. The molecular weight excluding hydrogens is 580 g/mol. The lowest BCUT2D eigenvalue weighted by atomic mass is 9.99. The van der Waals surface area contributed by atoms with Crippen molar-refractivity contribution < 1.29 is 79.5 Å². The molecule has 2 aliphatic rings. The van der Waals surface area contributed by atoms with Crippen LogP contribution in [-0.2, 0) is 9.47 Å². The summed E-state index contributed by atoms with van der Waals surface area (Å²) in [4.78, 5) is 0. The van der Waals surface area contributed by atoms with Crippen molar-refractivity contribution in [3.63, 3.8) is 0 Å². The zero-order chi connectivity index (χ0) is 31.2. The molecule has 0 bridgehead atoms. The number of hydrogen-bond acceptors (Lipinski definition) is 15. The molecule has 16 nitrogen and oxygen atoms in total. The number of fused-ring (bicyclic) bond motifs is 1. The van der Waals surface area contributed by atoms with E-state index in [4.69, 9.17) is 23.4 Å². The van der Waals surface area contributed by atoms with Gasteiger partial charge in [0.25, 0.3) is 0 Å². The molecule has 0 aliphatic carbocycles. The molecule has 2 saturated heterocycles. The minimum Gasteiger partial charge on any atom is -0.507 e. The van der Waals surface area contributed by atoms with Gasteiger partial charge in [0.05, 0.1) is 11.6 Å². The number of hydrogen-bond donors (Lipinski definition) is 11. The second-order valence-corrected chi connectivity index (χ2v) is 10.2. The lowest BCUT2D eigenvalue weighted by Gasteiger charge is -2.38. The van der Waals surface area contributed by atoms with E-state index in [0.717, 1.165) is 6.07 Å². The standard InChI is InChI=1S/C27H30O16/c28-10-4-14(39-7-17-19(31)21(33)23(35)26(37)42-17)11-6-16(40-8-18-20(32)22(34)24(36)27(38)43-18)25(41-15(11)5-10)9-1-2-12(29)13(30)3-9/h1-6,17-24,26-27,31-38H,7-8H2,(H2-,28,29,30)/p+1/t17?,18?,19-,20-,21+,22+,23-,24-,26+,27+/m0/s1. The topological polar surface area (TPSA) is 271 Å². The number of aliphatic hydroxyl groups is 8. The van der Waals surface area contributed by atoms with Crippen molar-refractivity contribution in [3.05, 3.63) is 36.4 Å². The third-order valence-electron chi connectivity index (χ3n) is 7.22.